The highest BCUT2D eigenvalue weighted by Crippen LogP contribution is 2.22. The van der Waals surface area contributed by atoms with E-state index in [1.807, 2.05) is 0 Å². The molecule has 0 aliphatic carbocycles. The van der Waals surface area contributed by atoms with Crippen LogP contribution in [-0.4, -0.2) is 12.3 Å². The second kappa shape index (κ2) is 5.12. The molecule has 0 saturated heterocycles. The number of halogens is 1. The molecular weight excluding hydrogens is 222 g/mol. The fourth-order valence-electron chi connectivity index (χ4n) is 1.06. The lowest BCUT2D eigenvalue weighted by atomic mass is 10.2. The average molecular weight is 232 g/mol. The van der Waals surface area contributed by atoms with E-state index in [0.717, 1.165) is 5.56 Å². The van der Waals surface area contributed by atoms with Crippen LogP contribution >= 0.6 is 24.2 Å². The van der Waals surface area contributed by atoms with Crippen molar-refractivity contribution >= 4 is 29.5 Å². The molecule has 0 atom stereocenters. The van der Waals surface area contributed by atoms with Crippen molar-refractivity contribution in [3.8, 4) is 5.75 Å². The number of amides is 1. The summed E-state index contributed by atoms with van der Waals surface area (Å²) in [6.07, 6.45) is 0. The van der Waals surface area contributed by atoms with Crippen LogP contribution in [-0.2, 0) is 6.54 Å². The van der Waals surface area contributed by atoms with Crippen molar-refractivity contribution < 1.29 is 9.53 Å². The maximum Gasteiger partial charge on any atom is 0.276 e. The number of thiol groups is 1. The monoisotopic (exact) mass is 231 g/mol. The molecule has 76 valence electrons. The maximum absolute atomic E-state index is 10.6. The first-order chi connectivity index (χ1) is 6.63. The van der Waals surface area contributed by atoms with Crippen LogP contribution in [0.5, 0.6) is 5.75 Å². The molecule has 0 aliphatic rings. The van der Waals surface area contributed by atoms with E-state index in [1.165, 1.54) is 0 Å². The summed E-state index contributed by atoms with van der Waals surface area (Å²) in [6.45, 7) is 0.353. The highest BCUT2D eigenvalue weighted by Gasteiger charge is 2.04. The van der Waals surface area contributed by atoms with Gasteiger partial charge >= 0.3 is 0 Å². The summed E-state index contributed by atoms with van der Waals surface area (Å²) in [4.78, 5) is 10.6. The van der Waals surface area contributed by atoms with Crippen LogP contribution in [0.25, 0.3) is 0 Å². The van der Waals surface area contributed by atoms with Crippen molar-refractivity contribution in [3.63, 3.8) is 0 Å². The first-order valence-electron chi connectivity index (χ1n) is 3.92. The van der Waals surface area contributed by atoms with Crippen molar-refractivity contribution in [2.45, 2.75) is 6.54 Å². The van der Waals surface area contributed by atoms with Crippen LogP contribution in [0.3, 0.4) is 0 Å². The Morgan fingerprint density at radius 3 is 2.93 bits per heavy atom. The molecule has 14 heavy (non-hydrogen) atoms. The minimum atomic E-state index is -0.382. The van der Waals surface area contributed by atoms with Crippen LogP contribution < -0.4 is 10.1 Å². The largest absolute Gasteiger partial charge is 0.496 e. The second-order valence-corrected chi connectivity index (χ2v) is 3.46. The number of benzene rings is 1. The van der Waals surface area contributed by atoms with Crippen LogP contribution in [0.4, 0.5) is 4.79 Å². The molecule has 0 spiro atoms. The van der Waals surface area contributed by atoms with E-state index in [1.54, 1.807) is 25.3 Å². The van der Waals surface area contributed by atoms with E-state index >= 15 is 0 Å². The summed E-state index contributed by atoms with van der Waals surface area (Å²) in [5, 5.41) is 2.77. The molecule has 1 aromatic rings. The van der Waals surface area contributed by atoms with Gasteiger partial charge in [-0.2, -0.15) is 0 Å². The van der Waals surface area contributed by atoms with Gasteiger partial charge in [-0.15, -0.1) is 0 Å². The Balaban J connectivity index is 2.82. The minimum Gasteiger partial charge on any atom is -0.496 e. The predicted octanol–water partition coefficient (Wildman–Crippen LogP) is 2.49. The third kappa shape index (κ3) is 3.12. The first-order valence-corrected chi connectivity index (χ1v) is 4.75. The fourth-order valence-corrected chi connectivity index (χ4v) is 1.33. The second-order valence-electron chi connectivity index (χ2n) is 2.61. The lowest BCUT2D eigenvalue weighted by molar-refractivity contribution is 0.260. The molecule has 0 saturated carbocycles. The summed E-state index contributed by atoms with van der Waals surface area (Å²) >= 11 is 9.40. The van der Waals surface area contributed by atoms with Crippen LogP contribution in [0, 0.1) is 0 Å². The molecule has 0 fully saturated rings. The molecule has 3 nitrogen and oxygen atoms in total. The lowest BCUT2D eigenvalue weighted by Gasteiger charge is -2.08. The highest BCUT2D eigenvalue weighted by molar-refractivity contribution is 7.96. The summed E-state index contributed by atoms with van der Waals surface area (Å²) < 4.78 is 5.10. The van der Waals surface area contributed by atoms with Crippen molar-refractivity contribution in [1.82, 2.24) is 5.32 Å². The van der Waals surface area contributed by atoms with E-state index in [9.17, 15) is 4.79 Å². The first kappa shape index (κ1) is 11.2. The smallest absolute Gasteiger partial charge is 0.276 e. The Morgan fingerprint density at radius 2 is 2.36 bits per heavy atom. The molecular formula is C9H10ClNO2S. The van der Waals surface area contributed by atoms with Crippen molar-refractivity contribution in [3.05, 3.63) is 28.8 Å². The minimum absolute atomic E-state index is 0.353. The van der Waals surface area contributed by atoms with Gasteiger partial charge in [0.1, 0.15) is 5.75 Å². The maximum atomic E-state index is 10.6. The molecule has 1 N–H and O–H groups in total. The Morgan fingerprint density at radius 1 is 1.64 bits per heavy atom. The Bertz CT molecular complexity index is 344. The molecule has 0 bridgehead atoms. The number of hydrogen-bond donors (Lipinski definition) is 2. The van der Waals surface area contributed by atoms with Crippen LogP contribution in [0.1, 0.15) is 5.56 Å². The highest BCUT2D eigenvalue weighted by atomic mass is 35.5. The van der Waals surface area contributed by atoms with Crippen molar-refractivity contribution in [2.75, 3.05) is 7.11 Å². The fraction of sp³-hybridized carbons (Fsp3) is 0.222. The average Bonchev–Trinajstić information content (AvgIpc) is 2.15. The van der Waals surface area contributed by atoms with Gasteiger partial charge in [-0.3, -0.25) is 4.79 Å². The summed E-state index contributed by atoms with van der Waals surface area (Å²) in [6, 6.07) is 5.22. The Labute approximate surface area is 92.8 Å². The normalized spacial score (nSPS) is 9.64. The van der Waals surface area contributed by atoms with Gasteiger partial charge in [-0.25, -0.2) is 0 Å². The molecule has 0 heterocycles. The van der Waals surface area contributed by atoms with Gasteiger partial charge in [-0.05, 0) is 18.2 Å². The van der Waals surface area contributed by atoms with Gasteiger partial charge in [0.2, 0.25) is 0 Å². The molecule has 1 rings (SSSR count). The number of methoxy groups -OCH3 is 1. The standard InChI is InChI=1S/C9H10ClNO2S/c1-13-8-3-2-7(10)4-6(8)5-11-9(12)14/h2-4H,5H2,1H3,(H2,11,12,14). The molecule has 1 amide bonds. The van der Waals surface area contributed by atoms with Gasteiger partial charge < -0.3 is 10.1 Å². The van der Waals surface area contributed by atoms with Gasteiger partial charge in [0.15, 0.2) is 0 Å². The van der Waals surface area contributed by atoms with Gasteiger partial charge in [-0.1, -0.05) is 24.2 Å². The summed E-state index contributed by atoms with van der Waals surface area (Å²) in [5.41, 5.74) is 0.822. The van der Waals surface area contributed by atoms with E-state index < -0.39 is 0 Å². The van der Waals surface area contributed by atoms with Gasteiger partial charge in [0, 0.05) is 17.1 Å². The molecule has 0 unspecified atom stereocenters. The van der Waals surface area contributed by atoms with Gasteiger partial charge in [0.25, 0.3) is 5.24 Å². The van der Waals surface area contributed by atoms with Crippen LogP contribution in [0.15, 0.2) is 18.2 Å². The Hall–Kier alpha value is -0.870. The van der Waals surface area contributed by atoms with Crippen molar-refractivity contribution in [2.24, 2.45) is 0 Å². The number of rotatable bonds is 3. The molecule has 0 aromatic heterocycles. The zero-order chi connectivity index (χ0) is 10.6. The summed E-state index contributed by atoms with van der Waals surface area (Å²) in [5.74, 6) is 0.691. The molecule has 0 aliphatic heterocycles. The molecule has 1 aromatic carbocycles. The third-order valence-corrected chi connectivity index (χ3v) is 2.07. The lowest BCUT2D eigenvalue weighted by Crippen LogP contribution is -2.16. The zero-order valence-electron chi connectivity index (χ0n) is 7.58. The quantitative estimate of drug-likeness (QED) is 0.785. The SMILES string of the molecule is COc1ccc(Cl)cc1CNC(=O)S. The number of nitrogens with one attached hydrogen (secondary N) is 1. The van der Waals surface area contributed by atoms with Gasteiger partial charge in [0.05, 0.1) is 7.11 Å². The number of carbonyl (C=O) groups is 1. The summed E-state index contributed by atoms with van der Waals surface area (Å²) in [7, 11) is 1.56. The van der Waals surface area contributed by atoms with Crippen LogP contribution in [0.2, 0.25) is 5.02 Å². The zero-order valence-corrected chi connectivity index (χ0v) is 9.23. The van der Waals surface area contributed by atoms with E-state index in [4.69, 9.17) is 16.3 Å². The molecule has 5 heteroatoms. The number of hydrogen-bond acceptors (Lipinski definition) is 2. The predicted molar refractivity (Wildman–Crippen MR) is 59.2 cm³/mol. The number of ether oxygens (including phenoxy) is 1. The molecule has 0 radical (unpaired) electrons. The topological polar surface area (TPSA) is 38.3 Å². The third-order valence-electron chi connectivity index (χ3n) is 1.67. The van der Waals surface area contributed by atoms with Crippen molar-refractivity contribution in [1.29, 1.82) is 0 Å². The number of carbonyl (C=O) groups excluding carboxylic acids is 1. The van der Waals surface area contributed by atoms with E-state index in [2.05, 4.69) is 17.9 Å². The Kier molecular flexibility index (Phi) is 4.10. The van der Waals surface area contributed by atoms with E-state index in [0.29, 0.717) is 17.3 Å². The van der Waals surface area contributed by atoms with E-state index in [-0.39, 0.29) is 5.24 Å².